The standard InChI is InChI=1S/C14H18N2OS/c1-4-14(3,9-15)13(17)16-7-5-12-11(10(16)2)6-8-18-12/h6,8,10H,4-5,7H2,1-3H3. The van der Waals surface area contributed by atoms with Gasteiger partial charge in [0, 0.05) is 11.4 Å². The van der Waals surface area contributed by atoms with Crippen LogP contribution in [0.5, 0.6) is 0 Å². The summed E-state index contributed by atoms with van der Waals surface area (Å²) < 4.78 is 0. The fourth-order valence-electron chi connectivity index (χ4n) is 2.38. The zero-order valence-corrected chi connectivity index (χ0v) is 11.9. The summed E-state index contributed by atoms with van der Waals surface area (Å²) in [6.45, 7) is 6.41. The molecule has 18 heavy (non-hydrogen) atoms. The predicted molar refractivity (Wildman–Crippen MR) is 72.2 cm³/mol. The lowest BCUT2D eigenvalue weighted by Crippen LogP contribution is -2.45. The van der Waals surface area contributed by atoms with Gasteiger partial charge in [0.1, 0.15) is 5.41 Å². The van der Waals surface area contributed by atoms with E-state index in [2.05, 4.69) is 24.4 Å². The van der Waals surface area contributed by atoms with Gasteiger partial charge in [-0.05, 0) is 43.7 Å². The lowest BCUT2D eigenvalue weighted by molar-refractivity contribution is -0.141. The van der Waals surface area contributed by atoms with Crippen molar-refractivity contribution in [2.75, 3.05) is 6.54 Å². The van der Waals surface area contributed by atoms with Crippen LogP contribution in [0, 0.1) is 16.7 Å². The Morgan fingerprint density at radius 3 is 3.06 bits per heavy atom. The third-order valence-corrected chi connectivity index (χ3v) is 4.96. The highest BCUT2D eigenvalue weighted by Gasteiger charge is 2.39. The Morgan fingerprint density at radius 1 is 1.72 bits per heavy atom. The number of carbonyl (C=O) groups is 1. The van der Waals surface area contributed by atoms with Crippen molar-refractivity contribution >= 4 is 17.2 Å². The molecule has 0 spiro atoms. The van der Waals surface area contributed by atoms with E-state index < -0.39 is 5.41 Å². The highest BCUT2D eigenvalue weighted by Crippen LogP contribution is 2.36. The van der Waals surface area contributed by atoms with Crippen LogP contribution in [0.2, 0.25) is 0 Å². The largest absolute Gasteiger partial charge is 0.334 e. The maximum absolute atomic E-state index is 12.5. The van der Waals surface area contributed by atoms with Crippen LogP contribution < -0.4 is 0 Å². The molecule has 0 radical (unpaired) electrons. The Hall–Kier alpha value is -1.34. The summed E-state index contributed by atoms with van der Waals surface area (Å²) in [5.74, 6) is -0.0307. The minimum atomic E-state index is -0.887. The second-order valence-electron chi connectivity index (χ2n) is 5.02. The molecule has 0 bridgehead atoms. The van der Waals surface area contributed by atoms with Gasteiger partial charge in [-0.3, -0.25) is 4.79 Å². The zero-order valence-electron chi connectivity index (χ0n) is 11.1. The highest BCUT2D eigenvalue weighted by molar-refractivity contribution is 7.10. The highest BCUT2D eigenvalue weighted by atomic mass is 32.1. The van der Waals surface area contributed by atoms with E-state index in [0.29, 0.717) is 6.42 Å². The summed E-state index contributed by atoms with van der Waals surface area (Å²) in [6.07, 6.45) is 1.47. The van der Waals surface area contributed by atoms with Crippen LogP contribution in [0.3, 0.4) is 0 Å². The number of fused-ring (bicyclic) bond motifs is 1. The zero-order chi connectivity index (χ0) is 13.3. The smallest absolute Gasteiger partial charge is 0.243 e. The van der Waals surface area contributed by atoms with Gasteiger partial charge in [-0.2, -0.15) is 5.26 Å². The first-order chi connectivity index (χ1) is 8.53. The number of carbonyl (C=O) groups excluding carboxylic acids is 1. The number of nitrogens with zero attached hydrogens (tertiary/aromatic N) is 2. The van der Waals surface area contributed by atoms with E-state index in [1.54, 1.807) is 18.3 Å². The molecular formula is C14H18N2OS. The monoisotopic (exact) mass is 262 g/mol. The topological polar surface area (TPSA) is 44.1 Å². The molecule has 0 N–H and O–H groups in total. The molecule has 1 aliphatic heterocycles. The van der Waals surface area contributed by atoms with Gasteiger partial charge in [-0.15, -0.1) is 11.3 Å². The Labute approximate surface area is 112 Å². The van der Waals surface area contributed by atoms with Crippen molar-refractivity contribution in [3.05, 3.63) is 21.9 Å². The normalized spacial score (nSPS) is 21.9. The van der Waals surface area contributed by atoms with Crippen LogP contribution in [0.15, 0.2) is 11.4 Å². The molecule has 0 aliphatic carbocycles. The number of hydrogen-bond donors (Lipinski definition) is 0. The molecule has 2 unspecified atom stereocenters. The van der Waals surface area contributed by atoms with E-state index in [9.17, 15) is 10.1 Å². The van der Waals surface area contributed by atoms with Crippen molar-refractivity contribution in [1.82, 2.24) is 4.90 Å². The first-order valence-corrected chi connectivity index (χ1v) is 7.20. The fraction of sp³-hybridized carbons (Fsp3) is 0.571. The summed E-state index contributed by atoms with van der Waals surface area (Å²) in [4.78, 5) is 15.8. The number of thiophene rings is 1. The third kappa shape index (κ3) is 1.93. The molecule has 3 nitrogen and oxygen atoms in total. The molecule has 2 heterocycles. The molecule has 0 fully saturated rings. The average Bonchev–Trinajstić information content (AvgIpc) is 2.86. The molecule has 0 saturated heterocycles. The van der Waals surface area contributed by atoms with E-state index in [-0.39, 0.29) is 11.9 Å². The number of hydrogen-bond acceptors (Lipinski definition) is 3. The van der Waals surface area contributed by atoms with Crippen LogP contribution in [0.1, 0.15) is 43.7 Å². The predicted octanol–water partition coefficient (Wildman–Crippen LogP) is 3.13. The van der Waals surface area contributed by atoms with Gasteiger partial charge in [-0.25, -0.2) is 0 Å². The van der Waals surface area contributed by atoms with Gasteiger partial charge in [0.2, 0.25) is 5.91 Å². The summed E-state index contributed by atoms with van der Waals surface area (Å²) >= 11 is 1.76. The van der Waals surface area contributed by atoms with E-state index in [4.69, 9.17) is 0 Å². The summed E-state index contributed by atoms with van der Waals surface area (Å²) in [5, 5.41) is 11.3. The molecule has 0 saturated carbocycles. The average molecular weight is 262 g/mol. The maximum atomic E-state index is 12.5. The van der Waals surface area contributed by atoms with Crippen molar-refractivity contribution in [3.8, 4) is 6.07 Å². The van der Waals surface area contributed by atoms with Crippen LogP contribution in [-0.4, -0.2) is 17.4 Å². The first kappa shape index (κ1) is 13.1. The molecule has 1 aliphatic rings. The van der Waals surface area contributed by atoms with Gasteiger partial charge >= 0.3 is 0 Å². The van der Waals surface area contributed by atoms with Crippen LogP contribution in [0.25, 0.3) is 0 Å². The van der Waals surface area contributed by atoms with Crippen molar-refractivity contribution in [2.24, 2.45) is 5.41 Å². The van der Waals surface area contributed by atoms with Gasteiger partial charge in [0.25, 0.3) is 0 Å². The lowest BCUT2D eigenvalue weighted by atomic mass is 9.86. The number of rotatable bonds is 2. The molecule has 0 aromatic carbocycles. The van der Waals surface area contributed by atoms with Gasteiger partial charge < -0.3 is 4.90 Å². The fourth-order valence-corrected chi connectivity index (χ4v) is 3.34. The summed E-state index contributed by atoms with van der Waals surface area (Å²) in [5.41, 5.74) is 0.359. The Balaban J connectivity index is 2.27. The van der Waals surface area contributed by atoms with Gasteiger partial charge in [0.05, 0.1) is 12.1 Å². The lowest BCUT2D eigenvalue weighted by Gasteiger charge is -2.37. The van der Waals surface area contributed by atoms with Gasteiger partial charge in [0.15, 0.2) is 0 Å². The molecule has 4 heteroatoms. The minimum absolute atomic E-state index is 0.0307. The van der Waals surface area contributed by atoms with E-state index in [1.807, 2.05) is 11.8 Å². The minimum Gasteiger partial charge on any atom is -0.334 e. The second-order valence-corrected chi connectivity index (χ2v) is 6.02. The molecule has 1 amide bonds. The van der Waals surface area contributed by atoms with Gasteiger partial charge in [-0.1, -0.05) is 6.92 Å². The van der Waals surface area contributed by atoms with Crippen molar-refractivity contribution in [2.45, 2.75) is 39.7 Å². The van der Waals surface area contributed by atoms with Crippen LogP contribution in [-0.2, 0) is 11.2 Å². The van der Waals surface area contributed by atoms with Crippen LogP contribution in [0.4, 0.5) is 0 Å². The van der Waals surface area contributed by atoms with E-state index in [0.717, 1.165) is 13.0 Å². The first-order valence-electron chi connectivity index (χ1n) is 6.32. The van der Waals surface area contributed by atoms with E-state index in [1.165, 1.54) is 10.4 Å². The number of amides is 1. The van der Waals surface area contributed by atoms with Crippen molar-refractivity contribution in [3.63, 3.8) is 0 Å². The number of nitriles is 1. The Morgan fingerprint density at radius 2 is 2.44 bits per heavy atom. The molecule has 1 aromatic rings. The Bertz CT molecular complexity index is 502. The molecular weight excluding hydrogens is 244 g/mol. The molecule has 96 valence electrons. The summed E-state index contributed by atoms with van der Waals surface area (Å²) in [7, 11) is 0. The van der Waals surface area contributed by atoms with Crippen molar-refractivity contribution in [1.29, 1.82) is 5.26 Å². The van der Waals surface area contributed by atoms with Crippen LogP contribution >= 0.6 is 11.3 Å². The van der Waals surface area contributed by atoms with E-state index >= 15 is 0 Å². The SMILES string of the molecule is CCC(C)(C#N)C(=O)N1CCc2sccc2C1C. The maximum Gasteiger partial charge on any atom is 0.243 e. The molecule has 1 aromatic heterocycles. The third-order valence-electron chi connectivity index (χ3n) is 3.96. The summed E-state index contributed by atoms with van der Waals surface area (Å²) in [6, 6.07) is 4.36. The molecule has 2 atom stereocenters. The van der Waals surface area contributed by atoms with Crippen molar-refractivity contribution < 1.29 is 4.79 Å². The second kappa shape index (κ2) is 4.74. The molecule has 2 rings (SSSR count). The Kier molecular flexibility index (Phi) is 3.45. The quantitative estimate of drug-likeness (QED) is 0.822.